The lowest BCUT2D eigenvalue weighted by atomic mass is 10.0. The monoisotopic (exact) mass is 402 g/mol. The number of nitrogens with zero attached hydrogens (tertiary/aromatic N) is 4. The lowest BCUT2D eigenvalue weighted by Crippen LogP contribution is -2.24. The summed E-state index contributed by atoms with van der Waals surface area (Å²) in [4.78, 5) is 30.8. The van der Waals surface area contributed by atoms with Gasteiger partial charge in [-0.2, -0.15) is 5.10 Å². The predicted molar refractivity (Wildman–Crippen MR) is 107 cm³/mol. The average molecular weight is 402 g/mol. The molecule has 7 nitrogen and oxygen atoms in total. The normalized spacial score (nSPS) is 13.2. The van der Waals surface area contributed by atoms with E-state index in [1.165, 1.54) is 30.1 Å². The molecule has 4 aromatic rings. The number of aromatic nitrogens is 3. The van der Waals surface area contributed by atoms with Crippen molar-refractivity contribution in [2.75, 3.05) is 14.2 Å². The molecule has 0 atom stereocenters. The highest BCUT2D eigenvalue weighted by atomic mass is 19.1. The van der Waals surface area contributed by atoms with Gasteiger partial charge < -0.3 is 4.74 Å². The standard InChI is InChI=1S/C22H15FN4O3/c1-26-21(28)16-11-24-20-18(17(16)22(26)29)19(12-6-8-15(30-2)9-7-12)25-27(20)14-5-3-4-13(23)10-14/h3-11H,1-2H3. The van der Waals surface area contributed by atoms with Gasteiger partial charge in [-0.1, -0.05) is 6.07 Å². The fourth-order valence-corrected chi connectivity index (χ4v) is 3.65. The van der Waals surface area contributed by atoms with Gasteiger partial charge in [0.25, 0.3) is 11.8 Å². The number of methoxy groups -OCH3 is 1. The van der Waals surface area contributed by atoms with E-state index in [-0.39, 0.29) is 11.1 Å². The lowest BCUT2D eigenvalue weighted by molar-refractivity contribution is 0.0693. The molecule has 0 N–H and O–H groups in total. The highest BCUT2D eigenvalue weighted by Crippen LogP contribution is 2.36. The van der Waals surface area contributed by atoms with Crippen LogP contribution in [0.1, 0.15) is 20.7 Å². The number of hydrogen-bond donors (Lipinski definition) is 0. The van der Waals surface area contributed by atoms with Crippen LogP contribution in [0.15, 0.2) is 54.7 Å². The minimum Gasteiger partial charge on any atom is -0.497 e. The van der Waals surface area contributed by atoms with E-state index in [2.05, 4.69) is 10.1 Å². The van der Waals surface area contributed by atoms with E-state index in [9.17, 15) is 14.0 Å². The number of rotatable bonds is 3. The van der Waals surface area contributed by atoms with Crippen molar-refractivity contribution in [3.8, 4) is 22.7 Å². The third kappa shape index (κ3) is 2.50. The SMILES string of the molecule is COc1ccc(-c2nn(-c3cccc(F)c3)c3ncc4c(c23)C(=O)N(C)C4=O)cc1. The van der Waals surface area contributed by atoms with E-state index in [1.807, 2.05) is 0 Å². The zero-order valence-corrected chi connectivity index (χ0v) is 16.1. The van der Waals surface area contributed by atoms with Crippen molar-refractivity contribution in [1.82, 2.24) is 19.7 Å². The van der Waals surface area contributed by atoms with Crippen molar-refractivity contribution in [2.45, 2.75) is 0 Å². The maximum absolute atomic E-state index is 13.9. The molecule has 30 heavy (non-hydrogen) atoms. The van der Waals surface area contributed by atoms with Gasteiger partial charge in [-0.15, -0.1) is 0 Å². The highest BCUT2D eigenvalue weighted by Gasteiger charge is 2.37. The van der Waals surface area contributed by atoms with Crippen LogP contribution in [0.25, 0.3) is 28.0 Å². The number of imide groups is 1. The summed E-state index contributed by atoms with van der Waals surface area (Å²) in [6.45, 7) is 0. The van der Waals surface area contributed by atoms with Gasteiger partial charge in [-0.3, -0.25) is 14.5 Å². The van der Waals surface area contributed by atoms with Crippen LogP contribution in [0.3, 0.4) is 0 Å². The molecule has 5 rings (SSSR count). The van der Waals surface area contributed by atoms with E-state index >= 15 is 0 Å². The molecular weight excluding hydrogens is 387 g/mol. The molecule has 8 heteroatoms. The number of halogens is 1. The van der Waals surface area contributed by atoms with E-state index in [0.29, 0.717) is 33.7 Å². The summed E-state index contributed by atoms with van der Waals surface area (Å²) in [6, 6.07) is 13.1. The summed E-state index contributed by atoms with van der Waals surface area (Å²) in [7, 11) is 3.00. The molecule has 0 unspecified atom stereocenters. The third-order valence-electron chi connectivity index (χ3n) is 5.17. The molecule has 0 fully saturated rings. The summed E-state index contributed by atoms with van der Waals surface area (Å²) < 4.78 is 20.6. The Labute approximate surface area is 170 Å². The molecule has 0 saturated heterocycles. The van der Waals surface area contributed by atoms with Gasteiger partial charge in [-0.25, -0.2) is 14.1 Å². The van der Waals surface area contributed by atoms with Crippen LogP contribution in [-0.2, 0) is 0 Å². The number of fused-ring (bicyclic) bond motifs is 3. The van der Waals surface area contributed by atoms with Crippen molar-refractivity contribution < 1.29 is 18.7 Å². The van der Waals surface area contributed by atoms with E-state index in [1.54, 1.807) is 43.5 Å². The number of benzene rings is 2. The Bertz CT molecular complexity index is 1340. The van der Waals surface area contributed by atoms with Gasteiger partial charge in [-0.05, 0) is 42.5 Å². The van der Waals surface area contributed by atoms with Crippen molar-refractivity contribution in [1.29, 1.82) is 0 Å². The molecular formula is C22H15FN4O3. The molecule has 2 amide bonds. The predicted octanol–water partition coefficient (Wildman–Crippen LogP) is 3.46. The van der Waals surface area contributed by atoms with Gasteiger partial charge in [0.15, 0.2) is 5.65 Å². The second-order valence-electron chi connectivity index (χ2n) is 6.88. The average Bonchev–Trinajstić information content (AvgIpc) is 3.25. The molecule has 0 radical (unpaired) electrons. The first-order valence-electron chi connectivity index (χ1n) is 9.14. The molecule has 0 aliphatic carbocycles. The van der Waals surface area contributed by atoms with Crippen LogP contribution < -0.4 is 4.74 Å². The van der Waals surface area contributed by atoms with Gasteiger partial charge in [0.05, 0.1) is 29.3 Å². The summed E-state index contributed by atoms with van der Waals surface area (Å²) in [5, 5.41) is 5.10. The molecule has 3 heterocycles. The molecule has 148 valence electrons. The second kappa shape index (κ2) is 6.48. The van der Waals surface area contributed by atoms with E-state index in [4.69, 9.17) is 4.74 Å². The van der Waals surface area contributed by atoms with Gasteiger partial charge in [0.2, 0.25) is 0 Å². The van der Waals surface area contributed by atoms with Crippen LogP contribution >= 0.6 is 0 Å². The highest BCUT2D eigenvalue weighted by molar-refractivity contribution is 6.27. The minimum absolute atomic E-state index is 0.226. The Morgan fingerprint density at radius 3 is 2.50 bits per heavy atom. The van der Waals surface area contributed by atoms with Crippen molar-refractivity contribution in [2.24, 2.45) is 0 Å². The fourth-order valence-electron chi connectivity index (χ4n) is 3.65. The van der Waals surface area contributed by atoms with Crippen LogP contribution in [0.5, 0.6) is 5.75 Å². The maximum Gasteiger partial charge on any atom is 0.262 e. The Hall–Kier alpha value is -4.07. The van der Waals surface area contributed by atoms with Gasteiger partial charge in [0.1, 0.15) is 17.3 Å². The third-order valence-corrected chi connectivity index (χ3v) is 5.17. The smallest absolute Gasteiger partial charge is 0.262 e. The first-order valence-corrected chi connectivity index (χ1v) is 9.14. The first kappa shape index (κ1) is 18.0. The first-order chi connectivity index (χ1) is 14.5. The molecule has 0 bridgehead atoms. The van der Waals surface area contributed by atoms with E-state index < -0.39 is 17.6 Å². The maximum atomic E-state index is 13.9. The van der Waals surface area contributed by atoms with Gasteiger partial charge in [0, 0.05) is 18.8 Å². The quantitative estimate of drug-likeness (QED) is 0.491. The Kier molecular flexibility index (Phi) is 3.89. The molecule has 0 saturated carbocycles. The molecule has 2 aromatic carbocycles. The van der Waals surface area contributed by atoms with E-state index in [0.717, 1.165) is 4.90 Å². The minimum atomic E-state index is -0.422. The zero-order chi connectivity index (χ0) is 21.0. The number of amides is 2. The molecule has 2 aromatic heterocycles. The fraction of sp³-hybridized carbons (Fsp3) is 0.0909. The Balaban J connectivity index is 1.86. The number of carbonyl (C=O) groups is 2. The zero-order valence-electron chi connectivity index (χ0n) is 16.1. The Morgan fingerprint density at radius 2 is 1.80 bits per heavy atom. The Morgan fingerprint density at radius 1 is 1.03 bits per heavy atom. The largest absolute Gasteiger partial charge is 0.497 e. The molecule has 0 spiro atoms. The van der Waals surface area contributed by atoms with Crippen molar-refractivity contribution in [3.63, 3.8) is 0 Å². The number of ether oxygens (including phenoxy) is 1. The number of hydrogen-bond acceptors (Lipinski definition) is 5. The van der Waals surface area contributed by atoms with Crippen LogP contribution in [0.2, 0.25) is 0 Å². The molecule has 1 aliphatic rings. The van der Waals surface area contributed by atoms with Crippen LogP contribution in [0.4, 0.5) is 4.39 Å². The topological polar surface area (TPSA) is 77.3 Å². The van der Waals surface area contributed by atoms with Crippen LogP contribution in [-0.4, -0.2) is 45.6 Å². The van der Waals surface area contributed by atoms with Crippen molar-refractivity contribution >= 4 is 22.8 Å². The second-order valence-corrected chi connectivity index (χ2v) is 6.88. The lowest BCUT2D eigenvalue weighted by Gasteiger charge is -2.04. The van der Waals surface area contributed by atoms with Crippen LogP contribution in [0, 0.1) is 5.82 Å². The summed E-state index contributed by atoms with van der Waals surface area (Å²) in [5.41, 5.74) is 2.47. The molecule has 1 aliphatic heterocycles. The number of carbonyl (C=O) groups excluding carboxylic acids is 2. The summed E-state index contributed by atoms with van der Waals surface area (Å²) >= 11 is 0. The van der Waals surface area contributed by atoms with Gasteiger partial charge >= 0.3 is 0 Å². The van der Waals surface area contributed by atoms with Crippen molar-refractivity contribution in [3.05, 3.63) is 71.7 Å². The summed E-state index contributed by atoms with van der Waals surface area (Å²) in [5.74, 6) is -0.587. The summed E-state index contributed by atoms with van der Waals surface area (Å²) in [6.07, 6.45) is 1.37. The number of pyridine rings is 1.